The van der Waals surface area contributed by atoms with Gasteiger partial charge in [0.05, 0.1) is 7.11 Å². The molecule has 0 saturated carbocycles. The zero-order valence-corrected chi connectivity index (χ0v) is 11.3. The Bertz CT molecular complexity index is 576. The van der Waals surface area contributed by atoms with E-state index in [2.05, 4.69) is 0 Å². The SMILES string of the molecule is COc1ccc(C(OC(C)=O)c2ccc(F)cc2)cc1. The molecule has 1 atom stereocenters. The molecule has 0 aliphatic heterocycles. The molecule has 0 heterocycles. The molecule has 4 heteroatoms. The number of carbonyl (C=O) groups excluding carboxylic acids is 1. The van der Waals surface area contributed by atoms with Crippen molar-refractivity contribution in [2.75, 3.05) is 7.11 Å². The highest BCUT2D eigenvalue weighted by atomic mass is 19.1. The van der Waals surface area contributed by atoms with Crippen LogP contribution in [0, 0.1) is 5.82 Å². The lowest BCUT2D eigenvalue weighted by Gasteiger charge is -2.18. The second-order valence-corrected chi connectivity index (χ2v) is 4.31. The van der Waals surface area contributed by atoms with Crippen LogP contribution in [-0.4, -0.2) is 13.1 Å². The van der Waals surface area contributed by atoms with Crippen LogP contribution in [0.5, 0.6) is 5.75 Å². The molecule has 0 amide bonds. The van der Waals surface area contributed by atoms with Gasteiger partial charge < -0.3 is 9.47 Å². The Morgan fingerprint density at radius 2 is 1.50 bits per heavy atom. The molecule has 1 unspecified atom stereocenters. The van der Waals surface area contributed by atoms with E-state index in [9.17, 15) is 9.18 Å². The third kappa shape index (κ3) is 3.35. The molecule has 0 aromatic heterocycles. The minimum absolute atomic E-state index is 0.329. The Hall–Kier alpha value is -2.36. The van der Waals surface area contributed by atoms with E-state index in [4.69, 9.17) is 9.47 Å². The first kappa shape index (κ1) is 14.1. The van der Waals surface area contributed by atoms with Crippen molar-refractivity contribution in [3.63, 3.8) is 0 Å². The number of ether oxygens (including phenoxy) is 2. The Balaban J connectivity index is 2.35. The van der Waals surface area contributed by atoms with Gasteiger partial charge >= 0.3 is 5.97 Å². The molecule has 20 heavy (non-hydrogen) atoms. The summed E-state index contributed by atoms with van der Waals surface area (Å²) in [5, 5.41) is 0. The van der Waals surface area contributed by atoms with Gasteiger partial charge in [-0.25, -0.2) is 4.39 Å². The molecular weight excluding hydrogens is 259 g/mol. The maximum Gasteiger partial charge on any atom is 0.303 e. The summed E-state index contributed by atoms with van der Waals surface area (Å²) in [4.78, 5) is 11.3. The first-order valence-electron chi connectivity index (χ1n) is 6.17. The molecule has 2 rings (SSSR count). The van der Waals surface area contributed by atoms with Crippen molar-refractivity contribution in [1.29, 1.82) is 0 Å². The fraction of sp³-hybridized carbons (Fsp3) is 0.188. The summed E-state index contributed by atoms with van der Waals surface area (Å²) in [7, 11) is 1.58. The smallest absolute Gasteiger partial charge is 0.303 e. The first-order valence-corrected chi connectivity index (χ1v) is 6.17. The first-order chi connectivity index (χ1) is 9.60. The minimum atomic E-state index is -0.556. The molecule has 2 aromatic rings. The molecule has 0 aliphatic rings. The zero-order chi connectivity index (χ0) is 14.5. The van der Waals surface area contributed by atoms with Crippen LogP contribution in [0.25, 0.3) is 0 Å². The molecule has 0 aliphatic carbocycles. The van der Waals surface area contributed by atoms with Crippen molar-refractivity contribution in [2.24, 2.45) is 0 Å². The molecule has 0 fully saturated rings. The number of hydrogen-bond acceptors (Lipinski definition) is 3. The van der Waals surface area contributed by atoms with E-state index in [0.29, 0.717) is 5.56 Å². The van der Waals surface area contributed by atoms with Crippen LogP contribution in [0.2, 0.25) is 0 Å². The number of halogens is 1. The third-order valence-corrected chi connectivity index (χ3v) is 2.88. The van der Waals surface area contributed by atoms with Crippen LogP contribution in [0.3, 0.4) is 0 Å². The predicted octanol–water partition coefficient (Wildman–Crippen LogP) is 3.49. The topological polar surface area (TPSA) is 35.5 Å². The highest BCUT2D eigenvalue weighted by molar-refractivity contribution is 5.66. The van der Waals surface area contributed by atoms with E-state index in [-0.39, 0.29) is 5.82 Å². The normalized spacial score (nSPS) is 11.8. The summed E-state index contributed by atoms with van der Waals surface area (Å²) >= 11 is 0. The molecule has 0 bridgehead atoms. The number of esters is 1. The lowest BCUT2D eigenvalue weighted by Crippen LogP contribution is -2.10. The van der Waals surface area contributed by atoms with Gasteiger partial charge in [-0.05, 0) is 35.4 Å². The van der Waals surface area contributed by atoms with Crippen LogP contribution in [0.1, 0.15) is 24.2 Å². The number of rotatable bonds is 4. The van der Waals surface area contributed by atoms with E-state index >= 15 is 0 Å². The van der Waals surface area contributed by atoms with Crippen LogP contribution >= 0.6 is 0 Å². The van der Waals surface area contributed by atoms with Crippen molar-refractivity contribution in [2.45, 2.75) is 13.0 Å². The Labute approximate surface area is 117 Å². The van der Waals surface area contributed by atoms with Crippen molar-refractivity contribution in [3.8, 4) is 5.75 Å². The molecule has 0 radical (unpaired) electrons. The maximum atomic E-state index is 13.0. The molecule has 104 valence electrons. The van der Waals surface area contributed by atoms with Crippen LogP contribution in [0.4, 0.5) is 4.39 Å². The van der Waals surface area contributed by atoms with Crippen molar-refractivity contribution in [1.82, 2.24) is 0 Å². The van der Waals surface area contributed by atoms with Gasteiger partial charge in [-0.15, -0.1) is 0 Å². The average Bonchev–Trinajstić information content (AvgIpc) is 2.46. The second kappa shape index (κ2) is 6.19. The van der Waals surface area contributed by atoms with E-state index in [1.54, 1.807) is 31.4 Å². The molecular formula is C16H15FO3. The van der Waals surface area contributed by atoms with Gasteiger partial charge in [0.25, 0.3) is 0 Å². The minimum Gasteiger partial charge on any atom is -0.497 e. The Morgan fingerprint density at radius 3 is 1.95 bits per heavy atom. The highest BCUT2D eigenvalue weighted by Crippen LogP contribution is 2.27. The summed E-state index contributed by atoms with van der Waals surface area (Å²) in [5.41, 5.74) is 1.51. The number of hydrogen-bond donors (Lipinski definition) is 0. The molecule has 0 saturated heterocycles. The predicted molar refractivity (Wildman–Crippen MR) is 73.0 cm³/mol. The van der Waals surface area contributed by atoms with Gasteiger partial charge in [-0.1, -0.05) is 24.3 Å². The average molecular weight is 274 g/mol. The summed E-state index contributed by atoms with van der Waals surface area (Å²) in [6, 6.07) is 13.1. The van der Waals surface area contributed by atoms with Gasteiger partial charge in [-0.3, -0.25) is 4.79 Å². The van der Waals surface area contributed by atoms with Gasteiger partial charge in [0.15, 0.2) is 6.10 Å². The zero-order valence-electron chi connectivity index (χ0n) is 11.3. The number of benzene rings is 2. The molecule has 2 aromatic carbocycles. The lowest BCUT2D eigenvalue weighted by molar-refractivity contribution is -0.144. The van der Waals surface area contributed by atoms with Crippen molar-refractivity contribution in [3.05, 3.63) is 65.5 Å². The number of carbonyl (C=O) groups is 1. The van der Waals surface area contributed by atoms with Crippen LogP contribution in [-0.2, 0) is 9.53 Å². The van der Waals surface area contributed by atoms with Crippen LogP contribution < -0.4 is 4.74 Å². The highest BCUT2D eigenvalue weighted by Gasteiger charge is 2.17. The molecule has 3 nitrogen and oxygen atoms in total. The van der Waals surface area contributed by atoms with E-state index in [1.807, 2.05) is 12.1 Å². The van der Waals surface area contributed by atoms with Gasteiger partial charge in [0.2, 0.25) is 0 Å². The molecule has 0 N–H and O–H groups in total. The Morgan fingerprint density at radius 1 is 1.00 bits per heavy atom. The second-order valence-electron chi connectivity index (χ2n) is 4.31. The van der Waals surface area contributed by atoms with Gasteiger partial charge in [0.1, 0.15) is 11.6 Å². The summed E-state index contributed by atoms with van der Waals surface area (Å²) in [6.07, 6.45) is -0.556. The quantitative estimate of drug-likeness (QED) is 0.801. The monoisotopic (exact) mass is 274 g/mol. The third-order valence-electron chi connectivity index (χ3n) is 2.88. The standard InChI is InChI=1S/C16H15FO3/c1-11(18)20-16(12-3-7-14(17)8-4-12)13-5-9-15(19-2)10-6-13/h3-10,16H,1-2H3. The number of methoxy groups -OCH3 is 1. The fourth-order valence-corrected chi connectivity index (χ4v) is 1.91. The maximum absolute atomic E-state index is 13.0. The fourth-order valence-electron chi connectivity index (χ4n) is 1.91. The Kier molecular flexibility index (Phi) is 4.35. The summed E-state index contributed by atoms with van der Waals surface area (Å²) in [5.74, 6) is -0.00497. The summed E-state index contributed by atoms with van der Waals surface area (Å²) < 4.78 is 23.4. The van der Waals surface area contributed by atoms with Crippen molar-refractivity contribution < 1.29 is 18.7 Å². The van der Waals surface area contributed by atoms with E-state index in [0.717, 1.165) is 11.3 Å². The summed E-state index contributed by atoms with van der Waals surface area (Å²) in [6.45, 7) is 1.35. The van der Waals surface area contributed by atoms with E-state index < -0.39 is 12.1 Å². The largest absolute Gasteiger partial charge is 0.497 e. The van der Waals surface area contributed by atoms with Crippen molar-refractivity contribution >= 4 is 5.97 Å². The molecule has 0 spiro atoms. The van der Waals surface area contributed by atoms with E-state index in [1.165, 1.54) is 19.1 Å². The lowest BCUT2D eigenvalue weighted by atomic mass is 10.0. The van der Waals surface area contributed by atoms with Gasteiger partial charge in [-0.2, -0.15) is 0 Å². The van der Waals surface area contributed by atoms with Gasteiger partial charge in [0, 0.05) is 6.92 Å². The van der Waals surface area contributed by atoms with Crippen LogP contribution in [0.15, 0.2) is 48.5 Å².